The molecule has 0 atom stereocenters. The Kier molecular flexibility index (Phi) is 5.04. The second-order valence-electron chi connectivity index (χ2n) is 5.52. The number of amides is 1. The van der Waals surface area contributed by atoms with E-state index in [-0.39, 0.29) is 18.1 Å². The van der Waals surface area contributed by atoms with Crippen molar-refractivity contribution in [2.24, 2.45) is 0 Å². The first-order valence-electron chi connectivity index (χ1n) is 8.05. The third kappa shape index (κ3) is 4.20. The van der Waals surface area contributed by atoms with Crippen LogP contribution in [0.15, 0.2) is 65.1 Å². The highest BCUT2D eigenvalue weighted by molar-refractivity contribution is 6.03. The molecule has 0 unspecified atom stereocenters. The summed E-state index contributed by atoms with van der Waals surface area (Å²) in [4.78, 5) is 12.2. The minimum atomic E-state index is -0.431. The van der Waals surface area contributed by atoms with Gasteiger partial charge in [0.1, 0.15) is 23.9 Å². The SMILES string of the molecule is CCc1ccc(OCc2ccc(C(=O)Nc3ccccc3O)o2)cc1. The summed E-state index contributed by atoms with van der Waals surface area (Å²) < 4.78 is 11.2. The van der Waals surface area contributed by atoms with Crippen molar-refractivity contribution in [1.82, 2.24) is 0 Å². The lowest BCUT2D eigenvalue weighted by Gasteiger charge is -2.06. The number of hydrogen-bond donors (Lipinski definition) is 2. The summed E-state index contributed by atoms with van der Waals surface area (Å²) in [5, 5.41) is 12.3. The maximum atomic E-state index is 12.2. The van der Waals surface area contributed by atoms with Gasteiger partial charge in [0.05, 0.1) is 5.69 Å². The standard InChI is InChI=1S/C20H19NO4/c1-2-14-7-9-15(10-8-14)24-13-16-11-12-19(25-16)20(23)21-17-5-3-4-6-18(17)22/h3-12,22H,2,13H2,1H3,(H,21,23). The minimum Gasteiger partial charge on any atom is -0.506 e. The van der Waals surface area contributed by atoms with E-state index in [0.29, 0.717) is 11.4 Å². The topological polar surface area (TPSA) is 71.7 Å². The molecule has 0 radical (unpaired) electrons. The third-order valence-electron chi connectivity index (χ3n) is 3.75. The number of hydrogen-bond acceptors (Lipinski definition) is 4. The zero-order valence-corrected chi connectivity index (χ0v) is 13.9. The molecular formula is C20H19NO4. The molecule has 1 amide bonds. The number of furan rings is 1. The molecular weight excluding hydrogens is 318 g/mol. The summed E-state index contributed by atoms with van der Waals surface area (Å²) in [5.74, 6) is 1.01. The molecule has 0 bridgehead atoms. The lowest BCUT2D eigenvalue weighted by Crippen LogP contribution is -2.10. The maximum Gasteiger partial charge on any atom is 0.291 e. The van der Waals surface area contributed by atoms with Gasteiger partial charge in [0, 0.05) is 0 Å². The second-order valence-corrected chi connectivity index (χ2v) is 5.52. The number of benzene rings is 2. The highest BCUT2D eigenvalue weighted by Crippen LogP contribution is 2.23. The first kappa shape index (κ1) is 16.6. The largest absolute Gasteiger partial charge is 0.506 e. The Labute approximate surface area is 145 Å². The summed E-state index contributed by atoms with van der Waals surface area (Å²) >= 11 is 0. The van der Waals surface area contributed by atoms with Gasteiger partial charge in [0.25, 0.3) is 5.91 Å². The molecule has 0 aliphatic heterocycles. The summed E-state index contributed by atoms with van der Waals surface area (Å²) in [6, 6.07) is 17.6. The molecule has 5 heteroatoms. The van der Waals surface area contributed by atoms with Crippen molar-refractivity contribution in [2.45, 2.75) is 20.0 Å². The number of rotatable bonds is 6. The van der Waals surface area contributed by atoms with E-state index in [0.717, 1.165) is 12.2 Å². The normalized spacial score (nSPS) is 10.4. The highest BCUT2D eigenvalue weighted by atomic mass is 16.5. The van der Waals surface area contributed by atoms with Gasteiger partial charge in [-0.3, -0.25) is 4.79 Å². The Morgan fingerprint density at radius 3 is 2.56 bits per heavy atom. The van der Waals surface area contributed by atoms with Gasteiger partial charge in [-0.25, -0.2) is 0 Å². The van der Waals surface area contributed by atoms with Crippen molar-refractivity contribution >= 4 is 11.6 Å². The van der Waals surface area contributed by atoms with E-state index in [9.17, 15) is 9.90 Å². The number of phenolic OH excluding ortho intramolecular Hbond substituents is 1. The number of aryl methyl sites for hydroxylation is 1. The zero-order valence-electron chi connectivity index (χ0n) is 13.9. The molecule has 5 nitrogen and oxygen atoms in total. The predicted molar refractivity (Wildman–Crippen MR) is 94.9 cm³/mol. The lowest BCUT2D eigenvalue weighted by atomic mass is 10.2. The van der Waals surface area contributed by atoms with Crippen LogP contribution in [0, 0.1) is 0 Å². The van der Waals surface area contributed by atoms with Crippen LogP contribution in [0.4, 0.5) is 5.69 Å². The van der Waals surface area contributed by atoms with E-state index in [1.54, 1.807) is 30.3 Å². The fourth-order valence-electron chi connectivity index (χ4n) is 2.32. The van der Waals surface area contributed by atoms with Crippen LogP contribution in [-0.4, -0.2) is 11.0 Å². The summed E-state index contributed by atoms with van der Waals surface area (Å²) in [6.45, 7) is 2.33. The number of anilines is 1. The Morgan fingerprint density at radius 1 is 1.08 bits per heavy atom. The van der Waals surface area contributed by atoms with Crippen molar-refractivity contribution in [3.63, 3.8) is 0 Å². The molecule has 128 valence electrons. The number of para-hydroxylation sites is 2. The van der Waals surface area contributed by atoms with E-state index in [1.165, 1.54) is 11.6 Å². The summed E-state index contributed by atoms with van der Waals surface area (Å²) in [5.41, 5.74) is 1.58. The van der Waals surface area contributed by atoms with Crippen LogP contribution < -0.4 is 10.1 Å². The smallest absolute Gasteiger partial charge is 0.291 e. The quantitative estimate of drug-likeness (QED) is 0.655. The van der Waals surface area contributed by atoms with Crippen molar-refractivity contribution in [1.29, 1.82) is 0 Å². The monoisotopic (exact) mass is 337 g/mol. The first-order valence-corrected chi connectivity index (χ1v) is 8.05. The Bertz CT molecular complexity index is 852. The van der Waals surface area contributed by atoms with Crippen molar-refractivity contribution in [3.8, 4) is 11.5 Å². The molecule has 2 N–H and O–H groups in total. The molecule has 0 saturated heterocycles. The molecule has 1 aromatic heterocycles. The van der Waals surface area contributed by atoms with Gasteiger partial charge < -0.3 is 19.6 Å². The molecule has 3 rings (SSSR count). The predicted octanol–water partition coefficient (Wildman–Crippen LogP) is 4.38. The number of phenols is 1. The molecule has 25 heavy (non-hydrogen) atoms. The van der Waals surface area contributed by atoms with E-state index < -0.39 is 5.91 Å². The third-order valence-corrected chi connectivity index (χ3v) is 3.75. The van der Waals surface area contributed by atoms with Crippen LogP contribution in [0.3, 0.4) is 0 Å². The molecule has 2 aromatic carbocycles. The summed E-state index contributed by atoms with van der Waals surface area (Å²) in [6.07, 6.45) is 0.980. The molecule has 0 aliphatic rings. The van der Waals surface area contributed by atoms with Crippen molar-refractivity contribution in [2.75, 3.05) is 5.32 Å². The molecule has 0 saturated carbocycles. The van der Waals surface area contributed by atoms with E-state index in [1.807, 2.05) is 24.3 Å². The molecule has 0 aliphatic carbocycles. The number of carbonyl (C=O) groups excluding carboxylic acids is 1. The van der Waals surface area contributed by atoms with Gasteiger partial charge in [-0.1, -0.05) is 31.2 Å². The molecule has 0 spiro atoms. The second kappa shape index (κ2) is 7.57. The average molecular weight is 337 g/mol. The fraction of sp³-hybridized carbons (Fsp3) is 0.150. The van der Waals surface area contributed by atoms with Crippen molar-refractivity contribution < 1.29 is 19.1 Å². The number of aromatic hydroxyl groups is 1. The highest BCUT2D eigenvalue weighted by Gasteiger charge is 2.13. The lowest BCUT2D eigenvalue weighted by molar-refractivity contribution is 0.0992. The van der Waals surface area contributed by atoms with E-state index in [4.69, 9.17) is 9.15 Å². The van der Waals surface area contributed by atoms with E-state index >= 15 is 0 Å². The maximum absolute atomic E-state index is 12.2. The average Bonchev–Trinajstić information content (AvgIpc) is 3.11. The van der Waals surface area contributed by atoms with Crippen LogP contribution >= 0.6 is 0 Å². The van der Waals surface area contributed by atoms with Gasteiger partial charge in [0.2, 0.25) is 0 Å². The van der Waals surface area contributed by atoms with Gasteiger partial charge in [-0.2, -0.15) is 0 Å². The van der Waals surface area contributed by atoms with Gasteiger partial charge in [0.15, 0.2) is 5.76 Å². The Morgan fingerprint density at radius 2 is 1.84 bits per heavy atom. The van der Waals surface area contributed by atoms with Crippen LogP contribution in [0.2, 0.25) is 0 Å². The number of ether oxygens (including phenoxy) is 1. The van der Waals surface area contributed by atoms with Crippen LogP contribution in [0.1, 0.15) is 28.8 Å². The van der Waals surface area contributed by atoms with Gasteiger partial charge >= 0.3 is 0 Å². The summed E-state index contributed by atoms with van der Waals surface area (Å²) in [7, 11) is 0. The van der Waals surface area contributed by atoms with Gasteiger partial charge in [-0.15, -0.1) is 0 Å². The zero-order chi connectivity index (χ0) is 17.6. The number of nitrogens with one attached hydrogen (secondary N) is 1. The Balaban J connectivity index is 1.59. The minimum absolute atomic E-state index is 0.00138. The van der Waals surface area contributed by atoms with Crippen molar-refractivity contribution in [3.05, 3.63) is 77.7 Å². The first-order chi connectivity index (χ1) is 12.2. The molecule has 1 heterocycles. The van der Waals surface area contributed by atoms with Crippen LogP contribution in [0.5, 0.6) is 11.5 Å². The number of carbonyl (C=O) groups is 1. The molecule has 3 aromatic rings. The molecule has 0 fully saturated rings. The van der Waals surface area contributed by atoms with Crippen LogP contribution in [0.25, 0.3) is 0 Å². The van der Waals surface area contributed by atoms with Gasteiger partial charge in [-0.05, 0) is 48.4 Å². The Hall–Kier alpha value is -3.21. The fourth-order valence-corrected chi connectivity index (χ4v) is 2.32. The van der Waals surface area contributed by atoms with Crippen LogP contribution in [-0.2, 0) is 13.0 Å². The van der Waals surface area contributed by atoms with E-state index in [2.05, 4.69) is 12.2 Å².